The fraction of sp³-hybridized carbons (Fsp3) is 0.727. The van der Waals surface area contributed by atoms with Gasteiger partial charge in [0.1, 0.15) is 11.2 Å². The van der Waals surface area contributed by atoms with Gasteiger partial charge >= 0.3 is 14.8 Å². The fourth-order valence-corrected chi connectivity index (χ4v) is 0.862. The molecule has 0 radical (unpaired) electrons. The maximum Gasteiger partial charge on any atom is 1.00 e. The molecule has 0 unspecified atom stereocenters. The molecule has 0 rings (SSSR count). The van der Waals surface area contributed by atoms with E-state index < -0.39 is 5.97 Å². The Morgan fingerprint density at radius 1 is 0.786 bits per heavy atom. The zero-order valence-corrected chi connectivity index (χ0v) is 20.7. The van der Waals surface area contributed by atoms with Crippen molar-refractivity contribution in [3.63, 3.8) is 0 Å². The van der Waals surface area contributed by atoms with E-state index in [0.29, 0.717) is 0 Å². The molecule has 0 bridgehead atoms. The number of ether oxygens (including phenoxy) is 2. The van der Waals surface area contributed by atoms with Gasteiger partial charge < -0.3 is 14.6 Å². The molecular formula is C22H49O6+3. The van der Waals surface area contributed by atoms with Crippen molar-refractivity contribution >= 4 is 17.9 Å². The lowest BCUT2D eigenvalue weighted by Gasteiger charge is -2.17. The minimum absolute atomic E-state index is 0. The Balaban J connectivity index is -0.0000000361. The number of rotatable bonds is 0. The first-order chi connectivity index (χ1) is 12.0. The molecule has 0 saturated carbocycles. The van der Waals surface area contributed by atoms with E-state index in [4.69, 9.17) is 19.4 Å². The highest BCUT2D eigenvalue weighted by atomic mass is 16.6. The van der Waals surface area contributed by atoms with Gasteiger partial charge in [-0.15, -0.1) is 6.58 Å². The molecule has 0 fully saturated rings. The number of hydrogen-bond acceptors (Lipinski definition) is 5. The largest absolute Gasteiger partial charge is 1.00 e. The van der Waals surface area contributed by atoms with E-state index in [0.717, 1.165) is 6.92 Å². The highest BCUT2D eigenvalue weighted by molar-refractivity contribution is 5.66. The normalized spacial score (nSPS) is 9.07. The summed E-state index contributed by atoms with van der Waals surface area (Å²) in [6.07, 6.45) is 0. The van der Waals surface area contributed by atoms with Crippen LogP contribution < -0.4 is 0 Å². The van der Waals surface area contributed by atoms with Crippen molar-refractivity contribution in [2.45, 2.75) is 108 Å². The maximum atomic E-state index is 10.2. The zero-order valence-electron chi connectivity index (χ0n) is 22.7. The number of carboxylic acids is 1. The second-order valence-electron chi connectivity index (χ2n) is 8.64. The van der Waals surface area contributed by atoms with Crippen LogP contribution in [0.15, 0.2) is 12.2 Å². The van der Waals surface area contributed by atoms with Crippen molar-refractivity contribution in [2.24, 2.45) is 0 Å². The molecule has 170 valence electrons. The number of esters is 2. The molecule has 0 saturated heterocycles. The van der Waals surface area contributed by atoms with Crippen LogP contribution in [0.2, 0.25) is 0 Å². The van der Waals surface area contributed by atoms with Gasteiger partial charge in [-0.2, -0.15) is 0 Å². The van der Waals surface area contributed by atoms with Crippen molar-refractivity contribution < 1.29 is 33.2 Å². The Morgan fingerprint density at radius 3 is 0.893 bits per heavy atom. The van der Waals surface area contributed by atoms with Crippen molar-refractivity contribution in [1.82, 2.24) is 0 Å². The summed E-state index contributed by atoms with van der Waals surface area (Å²) in [5, 5.41) is 7.42. The van der Waals surface area contributed by atoms with Crippen LogP contribution in [0, 0.1) is 5.92 Å². The number of allylic oxidation sites excluding steroid dienone is 1. The summed E-state index contributed by atoms with van der Waals surface area (Å²) in [5.74, 6) is 0.134. The molecule has 0 aromatic heterocycles. The lowest BCUT2D eigenvalue weighted by atomic mass is 10.2. The van der Waals surface area contributed by atoms with Crippen LogP contribution in [0.3, 0.4) is 0 Å². The van der Waals surface area contributed by atoms with Gasteiger partial charge in [0.15, 0.2) is 0 Å². The van der Waals surface area contributed by atoms with Crippen LogP contribution in [0.4, 0.5) is 0 Å². The number of carboxylic acid groups (broad SMARTS) is 1. The van der Waals surface area contributed by atoms with E-state index in [-0.39, 0.29) is 27.4 Å². The Hall–Kier alpha value is -1.98. The summed E-state index contributed by atoms with van der Waals surface area (Å²) in [5.41, 5.74) is 0.512. The van der Waals surface area contributed by atoms with Gasteiger partial charge in [0.05, 0.1) is 26.7 Å². The quantitative estimate of drug-likeness (QED) is 0.280. The van der Waals surface area contributed by atoms with E-state index in [9.17, 15) is 9.59 Å². The maximum absolute atomic E-state index is 10.2. The zero-order chi connectivity index (χ0) is 24.3. The molecule has 0 aromatic rings. The van der Waals surface area contributed by atoms with Crippen LogP contribution in [0.1, 0.15) is 101 Å². The third kappa shape index (κ3) is 198. The highest BCUT2D eigenvalue weighted by Gasteiger charge is 2.12. The minimum Gasteiger partial charge on any atom is -0.481 e. The van der Waals surface area contributed by atoms with Crippen LogP contribution in [0.5, 0.6) is 0 Å². The van der Waals surface area contributed by atoms with Gasteiger partial charge in [-0.3, -0.25) is 14.4 Å². The molecule has 0 atom stereocenters. The van der Waals surface area contributed by atoms with Crippen molar-refractivity contribution in [2.75, 3.05) is 0 Å². The monoisotopic (exact) mass is 409 g/mol. The smallest absolute Gasteiger partial charge is 0.481 e. The van der Waals surface area contributed by atoms with Gasteiger partial charge in [-0.05, 0) is 55.4 Å². The first kappa shape index (κ1) is 36.9. The van der Waals surface area contributed by atoms with Gasteiger partial charge in [0.25, 0.3) is 5.97 Å². The topological polar surface area (TPSA) is 89.9 Å². The van der Waals surface area contributed by atoms with E-state index >= 15 is 0 Å². The first-order valence-electron chi connectivity index (χ1n) is 9.01. The minimum atomic E-state index is -0.833. The van der Waals surface area contributed by atoms with Gasteiger partial charge in [0.2, 0.25) is 0 Å². The van der Waals surface area contributed by atoms with Crippen LogP contribution in [-0.2, 0) is 23.9 Å². The first-order valence-corrected chi connectivity index (χ1v) is 9.01. The SMILES string of the molecule is C=C(C)C.CC(=O)O.CC(=O)OC(C)(C)C.CC(=O)OC(C)(C)C.C[C+](C)C.[H+].[H+].[HH]. The average Bonchev–Trinajstić information content (AvgIpc) is 2.17. The molecular weight excluding hydrogens is 360 g/mol. The Kier molecular flexibility index (Phi) is 26.0. The predicted octanol–water partition coefficient (Wildman–Crippen LogP) is 6.46. The molecule has 0 aliphatic heterocycles. The van der Waals surface area contributed by atoms with E-state index in [1.54, 1.807) is 0 Å². The standard InChI is InChI=1S/2C6H12O2.C4H9.C4H8.C2H4O2.H2/c2*1-5(7)8-6(2,3)4;2*1-4(2)3;1-2(3)4;/h2*1-4H3;1-3H3;1H2,2-3H3;1H3,(H,3,4);1H/q;;+1;;;/p+2. The summed E-state index contributed by atoms with van der Waals surface area (Å²) in [6, 6.07) is 0. The summed E-state index contributed by atoms with van der Waals surface area (Å²) in [4.78, 5) is 29.5. The highest BCUT2D eigenvalue weighted by Crippen LogP contribution is 2.06. The lowest BCUT2D eigenvalue weighted by Crippen LogP contribution is -2.21. The van der Waals surface area contributed by atoms with Gasteiger partial charge in [0, 0.05) is 22.2 Å². The van der Waals surface area contributed by atoms with E-state index in [1.807, 2.05) is 55.4 Å². The summed E-state index contributed by atoms with van der Waals surface area (Å²) in [7, 11) is 0. The number of hydrogen-bond donors (Lipinski definition) is 1. The number of carbonyl (C=O) groups is 3. The summed E-state index contributed by atoms with van der Waals surface area (Å²) in [6.45, 7) is 28.7. The van der Waals surface area contributed by atoms with Crippen molar-refractivity contribution in [3.05, 3.63) is 18.1 Å². The lowest BCUT2D eigenvalue weighted by molar-refractivity contribution is -0.153. The molecule has 0 amide bonds. The fourth-order valence-electron chi connectivity index (χ4n) is 0.862. The average molecular weight is 410 g/mol. The molecule has 0 aromatic carbocycles. The molecule has 0 aliphatic carbocycles. The second-order valence-corrected chi connectivity index (χ2v) is 8.64. The van der Waals surface area contributed by atoms with Crippen LogP contribution in [-0.4, -0.2) is 34.2 Å². The third-order valence-electron chi connectivity index (χ3n) is 0.900. The van der Waals surface area contributed by atoms with Crippen molar-refractivity contribution in [1.29, 1.82) is 0 Å². The van der Waals surface area contributed by atoms with Crippen LogP contribution >= 0.6 is 0 Å². The molecule has 0 aliphatic rings. The van der Waals surface area contributed by atoms with Crippen LogP contribution in [0.25, 0.3) is 0 Å². The third-order valence-corrected chi connectivity index (χ3v) is 0.900. The van der Waals surface area contributed by atoms with E-state index in [2.05, 4.69) is 27.4 Å². The molecule has 6 heteroatoms. The molecule has 6 nitrogen and oxygen atoms in total. The molecule has 1 N–H and O–H groups in total. The Morgan fingerprint density at radius 2 is 0.893 bits per heavy atom. The van der Waals surface area contributed by atoms with Crippen molar-refractivity contribution in [3.8, 4) is 0 Å². The van der Waals surface area contributed by atoms with E-state index in [1.165, 1.54) is 25.3 Å². The number of aliphatic carboxylic acids is 1. The Bertz CT molecular complexity index is 389. The predicted molar refractivity (Wildman–Crippen MR) is 121 cm³/mol. The number of carbonyl (C=O) groups excluding carboxylic acids is 2. The Labute approximate surface area is 178 Å². The molecule has 0 spiro atoms. The van der Waals surface area contributed by atoms with Gasteiger partial charge in [-0.1, -0.05) is 5.57 Å². The summed E-state index contributed by atoms with van der Waals surface area (Å²) >= 11 is 0. The van der Waals surface area contributed by atoms with Gasteiger partial charge in [-0.25, -0.2) is 0 Å². The second kappa shape index (κ2) is 19.8. The molecule has 28 heavy (non-hydrogen) atoms. The molecule has 0 heterocycles. The summed E-state index contributed by atoms with van der Waals surface area (Å²) < 4.78 is 9.60.